The Morgan fingerprint density at radius 2 is 1.35 bits per heavy atom. The van der Waals surface area contributed by atoms with Gasteiger partial charge in [0, 0.05) is 5.56 Å². The number of carboxylic acids is 1. The Bertz CT molecular complexity index is 1220. The Hall–Kier alpha value is -3.33. The first kappa shape index (κ1) is 22.4. The molecular weight excluding hydrogens is 416 g/mol. The number of carbonyl (C=O) groups is 2. The first-order valence-corrected chi connectivity index (χ1v) is 10.9. The van der Waals surface area contributed by atoms with Crippen molar-refractivity contribution in [2.75, 3.05) is 6.54 Å². The molecule has 0 aliphatic carbocycles. The molecule has 7 nitrogen and oxygen atoms in total. The highest BCUT2D eigenvalue weighted by Gasteiger charge is 2.16. The van der Waals surface area contributed by atoms with E-state index in [-0.39, 0.29) is 22.6 Å². The van der Waals surface area contributed by atoms with Gasteiger partial charge in [-0.1, -0.05) is 47.5 Å². The fourth-order valence-corrected chi connectivity index (χ4v) is 3.79. The Morgan fingerprint density at radius 3 is 1.94 bits per heavy atom. The molecule has 3 N–H and O–H groups in total. The van der Waals surface area contributed by atoms with Gasteiger partial charge >= 0.3 is 5.97 Å². The Labute approximate surface area is 180 Å². The van der Waals surface area contributed by atoms with Gasteiger partial charge < -0.3 is 5.11 Å². The summed E-state index contributed by atoms with van der Waals surface area (Å²) < 4.78 is 24.6. The third kappa shape index (κ3) is 5.64. The van der Waals surface area contributed by atoms with Crippen LogP contribution < -0.4 is 10.3 Å². The standard InChI is InChI=1S/C23H22N2O5S/c1-15-3-7-17(8-4-15)18-11-19(13-20(12-18)23(27)28)22(26)14-24-25-31(29,30)21-9-5-16(2)6-10-21/h3-13,24-25H,14H2,1-2H3,(H,27,28). The predicted octanol–water partition coefficient (Wildman–Crippen LogP) is 3.33. The van der Waals surface area contributed by atoms with Crippen molar-refractivity contribution >= 4 is 21.8 Å². The first-order chi connectivity index (χ1) is 14.7. The Morgan fingerprint density at radius 1 is 0.806 bits per heavy atom. The van der Waals surface area contributed by atoms with Gasteiger partial charge in [-0.15, -0.1) is 4.83 Å². The predicted molar refractivity (Wildman–Crippen MR) is 117 cm³/mol. The lowest BCUT2D eigenvalue weighted by molar-refractivity contribution is 0.0697. The molecule has 0 aliphatic rings. The summed E-state index contributed by atoms with van der Waals surface area (Å²) in [5.41, 5.74) is 5.89. The zero-order valence-electron chi connectivity index (χ0n) is 17.0. The topological polar surface area (TPSA) is 113 Å². The van der Waals surface area contributed by atoms with Crippen molar-refractivity contribution in [3.05, 3.63) is 89.0 Å². The van der Waals surface area contributed by atoms with Gasteiger partial charge in [-0.3, -0.25) is 4.79 Å². The van der Waals surface area contributed by atoms with Crippen LogP contribution in [-0.2, 0) is 10.0 Å². The second-order valence-electron chi connectivity index (χ2n) is 7.17. The van der Waals surface area contributed by atoms with Gasteiger partial charge in [0.1, 0.15) is 0 Å². The number of hydrazine groups is 1. The number of hydrogen-bond acceptors (Lipinski definition) is 5. The molecule has 31 heavy (non-hydrogen) atoms. The number of Topliss-reactive ketones (excluding diaryl/α,β-unsaturated/α-hetero) is 1. The fourth-order valence-electron chi connectivity index (χ4n) is 2.91. The van der Waals surface area contributed by atoms with Gasteiger partial charge in [-0.05, 0) is 55.3 Å². The van der Waals surface area contributed by atoms with Crippen LogP contribution in [0.2, 0.25) is 0 Å². The van der Waals surface area contributed by atoms with Crippen LogP contribution in [0.15, 0.2) is 71.6 Å². The number of nitrogens with one attached hydrogen (secondary N) is 2. The van der Waals surface area contributed by atoms with E-state index >= 15 is 0 Å². The maximum Gasteiger partial charge on any atom is 0.335 e. The molecule has 0 fully saturated rings. The average Bonchev–Trinajstić information content (AvgIpc) is 2.74. The minimum atomic E-state index is -3.84. The van der Waals surface area contributed by atoms with Crippen molar-refractivity contribution < 1.29 is 23.1 Å². The molecule has 0 saturated carbocycles. The third-order valence-electron chi connectivity index (χ3n) is 4.67. The largest absolute Gasteiger partial charge is 0.478 e. The first-order valence-electron chi connectivity index (χ1n) is 9.46. The zero-order valence-corrected chi connectivity index (χ0v) is 17.9. The van der Waals surface area contributed by atoms with Crippen molar-refractivity contribution in [1.29, 1.82) is 0 Å². The molecule has 0 atom stereocenters. The van der Waals surface area contributed by atoms with E-state index in [4.69, 9.17) is 0 Å². The maximum absolute atomic E-state index is 12.6. The summed E-state index contributed by atoms with van der Waals surface area (Å²) in [6.45, 7) is 3.44. The van der Waals surface area contributed by atoms with Crippen molar-refractivity contribution in [3.63, 3.8) is 0 Å². The fraction of sp³-hybridized carbons (Fsp3) is 0.130. The molecule has 3 aromatic carbocycles. The summed E-state index contributed by atoms with van der Waals surface area (Å²) in [5.74, 6) is -1.61. The van der Waals surface area contributed by atoms with Gasteiger partial charge in [-0.2, -0.15) is 0 Å². The molecule has 0 bridgehead atoms. The Kier molecular flexibility index (Phi) is 6.65. The number of carbonyl (C=O) groups excluding carboxylic acids is 1. The van der Waals surface area contributed by atoms with Crippen LogP contribution in [0.3, 0.4) is 0 Å². The molecular formula is C23H22N2O5S. The molecule has 0 aromatic heterocycles. The highest BCUT2D eigenvalue weighted by molar-refractivity contribution is 7.89. The monoisotopic (exact) mass is 438 g/mol. The molecule has 3 rings (SSSR count). The maximum atomic E-state index is 12.6. The van der Waals surface area contributed by atoms with E-state index in [0.29, 0.717) is 5.56 Å². The summed E-state index contributed by atoms with van der Waals surface area (Å²) in [5, 5.41) is 9.42. The SMILES string of the molecule is Cc1ccc(-c2cc(C(=O)O)cc(C(=O)CNNS(=O)(=O)c3ccc(C)cc3)c2)cc1. The number of hydrogen-bond donors (Lipinski definition) is 3. The number of aryl methyl sites for hydroxylation is 2. The van der Waals surface area contributed by atoms with Gasteiger partial charge in [0.05, 0.1) is 17.0 Å². The van der Waals surface area contributed by atoms with Crippen LogP contribution in [0, 0.1) is 13.8 Å². The van der Waals surface area contributed by atoms with E-state index in [1.54, 1.807) is 18.2 Å². The average molecular weight is 439 g/mol. The van der Waals surface area contributed by atoms with E-state index in [1.807, 2.05) is 38.1 Å². The molecule has 0 saturated heterocycles. The van der Waals surface area contributed by atoms with Crippen LogP contribution in [0.25, 0.3) is 11.1 Å². The number of benzene rings is 3. The van der Waals surface area contributed by atoms with Crippen LogP contribution in [0.4, 0.5) is 0 Å². The van der Waals surface area contributed by atoms with E-state index in [9.17, 15) is 23.1 Å². The molecule has 0 amide bonds. The zero-order chi connectivity index (χ0) is 22.6. The smallest absolute Gasteiger partial charge is 0.335 e. The van der Waals surface area contributed by atoms with Gasteiger partial charge in [0.15, 0.2) is 5.78 Å². The summed E-state index contributed by atoms with van der Waals surface area (Å²) in [6, 6.07) is 18.1. The van der Waals surface area contributed by atoms with E-state index < -0.39 is 21.8 Å². The van der Waals surface area contributed by atoms with Crippen LogP contribution in [0.1, 0.15) is 31.8 Å². The van der Waals surface area contributed by atoms with E-state index in [1.165, 1.54) is 24.3 Å². The number of carboxylic acid groups (broad SMARTS) is 1. The highest BCUT2D eigenvalue weighted by atomic mass is 32.2. The van der Waals surface area contributed by atoms with Crippen molar-refractivity contribution in [1.82, 2.24) is 10.3 Å². The van der Waals surface area contributed by atoms with Crippen molar-refractivity contribution in [2.45, 2.75) is 18.7 Å². The molecule has 8 heteroatoms. The summed E-state index contributed by atoms with van der Waals surface area (Å²) in [7, 11) is -3.84. The normalized spacial score (nSPS) is 11.3. The van der Waals surface area contributed by atoms with Crippen LogP contribution in [0.5, 0.6) is 0 Å². The highest BCUT2D eigenvalue weighted by Crippen LogP contribution is 2.23. The van der Waals surface area contributed by atoms with E-state index in [0.717, 1.165) is 16.7 Å². The van der Waals surface area contributed by atoms with Gasteiger partial charge in [0.2, 0.25) is 0 Å². The van der Waals surface area contributed by atoms with Gasteiger partial charge in [-0.25, -0.2) is 18.6 Å². The second-order valence-corrected chi connectivity index (χ2v) is 8.85. The quantitative estimate of drug-likeness (QED) is 0.367. The second kappa shape index (κ2) is 9.22. The molecule has 160 valence electrons. The molecule has 0 radical (unpaired) electrons. The van der Waals surface area contributed by atoms with Gasteiger partial charge in [0.25, 0.3) is 10.0 Å². The summed E-state index contributed by atoms with van der Waals surface area (Å²) in [6.07, 6.45) is 0. The van der Waals surface area contributed by atoms with Crippen molar-refractivity contribution in [3.8, 4) is 11.1 Å². The lowest BCUT2D eigenvalue weighted by Gasteiger charge is -2.10. The number of rotatable bonds is 8. The van der Waals surface area contributed by atoms with Crippen molar-refractivity contribution in [2.24, 2.45) is 0 Å². The third-order valence-corrected chi connectivity index (χ3v) is 5.98. The molecule has 0 heterocycles. The number of ketones is 1. The van der Waals surface area contributed by atoms with E-state index in [2.05, 4.69) is 10.3 Å². The molecule has 0 spiro atoms. The van der Waals surface area contributed by atoms with Crippen LogP contribution >= 0.6 is 0 Å². The minimum absolute atomic E-state index is 0.0262. The summed E-state index contributed by atoms with van der Waals surface area (Å²) in [4.78, 5) is 26.4. The molecule has 3 aromatic rings. The molecule has 0 aliphatic heterocycles. The summed E-state index contributed by atoms with van der Waals surface area (Å²) >= 11 is 0. The Balaban J connectivity index is 1.77. The molecule has 0 unspecified atom stereocenters. The number of sulfonamides is 1. The minimum Gasteiger partial charge on any atom is -0.478 e. The lowest BCUT2D eigenvalue weighted by atomic mass is 9.97. The number of aromatic carboxylic acids is 1. The van der Waals surface area contributed by atoms with Crippen LogP contribution in [-0.4, -0.2) is 31.8 Å². The lowest BCUT2D eigenvalue weighted by Crippen LogP contribution is -2.40.